The molecule has 2 N–H and O–H groups in total. The number of aliphatic hydroxyl groups is 2. The van der Waals surface area contributed by atoms with Gasteiger partial charge in [0.1, 0.15) is 29.3 Å². The van der Waals surface area contributed by atoms with Crippen molar-refractivity contribution in [1.82, 2.24) is 0 Å². The number of carbonyl (C=O) groups excluding carboxylic acids is 2. The lowest BCUT2D eigenvalue weighted by Crippen LogP contribution is -2.66. The molecule has 4 rings (SSSR count). The number of fused-ring (bicyclic) bond motifs is 3. The van der Waals surface area contributed by atoms with E-state index in [-0.39, 0.29) is 24.9 Å². The van der Waals surface area contributed by atoms with E-state index in [1.165, 1.54) is 7.11 Å². The number of hydrogen-bond donors (Lipinski definition) is 2. The fourth-order valence-electron chi connectivity index (χ4n) is 7.34. The molecule has 0 aromatic heterocycles. The van der Waals surface area contributed by atoms with Gasteiger partial charge in [-0.05, 0) is 58.4 Å². The second-order valence-electron chi connectivity index (χ2n) is 11.3. The highest BCUT2D eigenvalue weighted by Gasteiger charge is 2.63. The van der Waals surface area contributed by atoms with E-state index in [4.69, 9.17) is 18.9 Å². The summed E-state index contributed by atoms with van der Waals surface area (Å²) in [5, 5.41) is 22.6. The third-order valence-corrected chi connectivity index (χ3v) is 8.55. The van der Waals surface area contributed by atoms with Crippen LogP contribution in [-0.2, 0) is 27.3 Å². The summed E-state index contributed by atoms with van der Waals surface area (Å²) < 4.78 is 23.0. The van der Waals surface area contributed by atoms with Crippen LogP contribution in [0.15, 0.2) is 0 Å². The van der Waals surface area contributed by atoms with Gasteiger partial charge in [0, 0.05) is 35.8 Å². The molecule has 2 aliphatic heterocycles. The zero-order valence-electron chi connectivity index (χ0n) is 21.8. The van der Waals surface area contributed by atoms with E-state index in [9.17, 15) is 19.8 Å². The first-order valence-corrected chi connectivity index (χ1v) is 12.4. The predicted molar refractivity (Wildman–Crippen MR) is 127 cm³/mol. The molecule has 5 atom stereocenters. The second kappa shape index (κ2) is 8.66. The van der Waals surface area contributed by atoms with Crippen LogP contribution in [0.1, 0.15) is 80.9 Å². The Morgan fingerprint density at radius 3 is 2.54 bits per heavy atom. The maximum Gasteiger partial charge on any atom is 0.342 e. The molecule has 2 heterocycles. The molecule has 3 aliphatic rings. The highest BCUT2D eigenvalue weighted by Crippen LogP contribution is 2.61. The summed E-state index contributed by atoms with van der Waals surface area (Å²) >= 11 is 0. The minimum atomic E-state index is -1.20. The molecule has 1 aromatic carbocycles. The number of ether oxygens (including phenoxy) is 4. The molecular weight excluding hydrogens is 452 g/mol. The fraction of sp³-hybridized carbons (Fsp3) is 0.704. The van der Waals surface area contributed by atoms with Gasteiger partial charge in [0.2, 0.25) is 0 Å². The lowest BCUT2D eigenvalue weighted by molar-refractivity contribution is -0.213. The van der Waals surface area contributed by atoms with E-state index in [0.717, 1.165) is 16.7 Å². The van der Waals surface area contributed by atoms with Gasteiger partial charge in [-0.1, -0.05) is 6.92 Å². The van der Waals surface area contributed by atoms with Gasteiger partial charge in [0.05, 0.1) is 25.4 Å². The van der Waals surface area contributed by atoms with Gasteiger partial charge in [-0.3, -0.25) is 4.79 Å². The zero-order valence-corrected chi connectivity index (χ0v) is 21.8. The van der Waals surface area contributed by atoms with Crippen LogP contribution < -0.4 is 9.47 Å². The Balaban J connectivity index is 1.86. The summed E-state index contributed by atoms with van der Waals surface area (Å²) in [4.78, 5) is 24.9. The first kappa shape index (κ1) is 25.8. The van der Waals surface area contributed by atoms with Gasteiger partial charge in [0.25, 0.3) is 0 Å². The van der Waals surface area contributed by atoms with Crippen LogP contribution in [0.2, 0.25) is 0 Å². The van der Waals surface area contributed by atoms with E-state index in [2.05, 4.69) is 0 Å². The number of esters is 2. The molecule has 0 amide bonds. The van der Waals surface area contributed by atoms with Crippen LogP contribution in [0, 0.1) is 24.2 Å². The second-order valence-corrected chi connectivity index (χ2v) is 11.3. The van der Waals surface area contributed by atoms with E-state index < -0.39 is 34.6 Å². The molecule has 5 unspecified atom stereocenters. The van der Waals surface area contributed by atoms with Crippen molar-refractivity contribution in [2.24, 2.45) is 17.3 Å². The van der Waals surface area contributed by atoms with Crippen LogP contribution in [0.3, 0.4) is 0 Å². The molecule has 0 spiro atoms. The van der Waals surface area contributed by atoms with Crippen molar-refractivity contribution in [3.63, 3.8) is 0 Å². The minimum Gasteiger partial charge on any atom is -0.495 e. The van der Waals surface area contributed by atoms with Crippen LogP contribution in [0.4, 0.5) is 0 Å². The Bertz CT molecular complexity index is 1040. The maximum atomic E-state index is 12.6. The fourth-order valence-corrected chi connectivity index (χ4v) is 7.34. The molecule has 8 nitrogen and oxygen atoms in total. The number of benzene rings is 1. The molecule has 35 heavy (non-hydrogen) atoms. The molecule has 1 aliphatic carbocycles. The quantitative estimate of drug-likeness (QED) is 0.583. The first-order chi connectivity index (χ1) is 16.3. The minimum absolute atomic E-state index is 0.162. The van der Waals surface area contributed by atoms with Crippen molar-refractivity contribution in [2.45, 2.75) is 91.1 Å². The summed E-state index contributed by atoms with van der Waals surface area (Å²) in [5.41, 5.74) is 0.194. The summed E-state index contributed by atoms with van der Waals surface area (Å²) in [6, 6.07) is 0. The summed E-state index contributed by atoms with van der Waals surface area (Å²) in [6.45, 7) is 11.6. The number of carbonyl (C=O) groups is 2. The van der Waals surface area contributed by atoms with Crippen molar-refractivity contribution >= 4 is 11.9 Å². The molecule has 0 saturated heterocycles. The van der Waals surface area contributed by atoms with E-state index in [1.807, 2.05) is 20.8 Å². The first-order valence-electron chi connectivity index (χ1n) is 12.4. The lowest BCUT2D eigenvalue weighted by Gasteiger charge is -2.61. The number of hydrogen-bond acceptors (Lipinski definition) is 8. The number of methoxy groups -OCH3 is 1. The van der Waals surface area contributed by atoms with E-state index in [0.29, 0.717) is 42.9 Å². The maximum absolute atomic E-state index is 12.6. The largest absolute Gasteiger partial charge is 0.495 e. The van der Waals surface area contributed by atoms with Crippen molar-refractivity contribution < 1.29 is 38.7 Å². The van der Waals surface area contributed by atoms with E-state index in [1.54, 1.807) is 20.8 Å². The molecule has 8 heteroatoms. The van der Waals surface area contributed by atoms with Crippen LogP contribution >= 0.6 is 0 Å². The summed E-state index contributed by atoms with van der Waals surface area (Å²) in [6.07, 6.45) is 0.566. The molecule has 1 saturated carbocycles. The Hall–Kier alpha value is -2.32. The SMILES string of the molecule is CCOC(=O)CCC1(C)C(C(C)(C)O)C(O)CC2(C)Oc3c(C)c4c(c(OC)c3CC21)C(=O)OC4. The van der Waals surface area contributed by atoms with Gasteiger partial charge in [-0.25, -0.2) is 4.79 Å². The Morgan fingerprint density at radius 2 is 1.94 bits per heavy atom. The number of cyclic esters (lactones) is 1. The monoisotopic (exact) mass is 490 g/mol. The van der Waals surface area contributed by atoms with Gasteiger partial charge >= 0.3 is 11.9 Å². The number of aliphatic hydroxyl groups excluding tert-OH is 1. The average molecular weight is 491 g/mol. The molecule has 194 valence electrons. The average Bonchev–Trinajstić information content (AvgIpc) is 3.13. The number of rotatable bonds is 6. The van der Waals surface area contributed by atoms with Crippen molar-refractivity contribution in [3.8, 4) is 11.5 Å². The topological polar surface area (TPSA) is 112 Å². The van der Waals surface area contributed by atoms with Crippen molar-refractivity contribution in [2.75, 3.05) is 13.7 Å². The third kappa shape index (κ3) is 3.99. The molecule has 0 radical (unpaired) electrons. The van der Waals surface area contributed by atoms with Crippen molar-refractivity contribution in [3.05, 3.63) is 22.3 Å². The zero-order chi connectivity index (χ0) is 25.9. The predicted octanol–water partition coefficient (Wildman–Crippen LogP) is 3.49. The Morgan fingerprint density at radius 1 is 1.26 bits per heavy atom. The third-order valence-electron chi connectivity index (χ3n) is 8.55. The van der Waals surface area contributed by atoms with Gasteiger partial charge in [0.15, 0.2) is 0 Å². The van der Waals surface area contributed by atoms with Gasteiger partial charge < -0.3 is 29.2 Å². The smallest absolute Gasteiger partial charge is 0.342 e. The molecule has 0 bridgehead atoms. The molecular formula is C27H38O8. The van der Waals surface area contributed by atoms with Crippen LogP contribution in [0.25, 0.3) is 0 Å². The van der Waals surface area contributed by atoms with Crippen LogP contribution in [-0.4, -0.2) is 53.2 Å². The highest BCUT2D eigenvalue weighted by atomic mass is 16.5. The van der Waals surface area contributed by atoms with Gasteiger partial charge in [-0.15, -0.1) is 0 Å². The Labute approximate surface area is 206 Å². The lowest BCUT2D eigenvalue weighted by atomic mass is 9.48. The Kier molecular flexibility index (Phi) is 6.37. The normalized spacial score (nSPS) is 31.6. The highest BCUT2D eigenvalue weighted by molar-refractivity contribution is 5.98. The summed E-state index contributed by atoms with van der Waals surface area (Å²) in [5.74, 6) is -0.284. The van der Waals surface area contributed by atoms with Crippen molar-refractivity contribution in [1.29, 1.82) is 0 Å². The van der Waals surface area contributed by atoms with E-state index >= 15 is 0 Å². The van der Waals surface area contributed by atoms with Gasteiger partial charge in [-0.2, -0.15) is 0 Å². The molecule has 1 fully saturated rings. The van der Waals surface area contributed by atoms with Crippen LogP contribution in [0.5, 0.6) is 11.5 Å². The standard InChI is InChI=1S/C27H38O8/c1-8-33-19(29)9-10-26(5)18-11-15-21(14(2)16-13-34-24(30)20(16)22(15)32-7)35-27(18,6)12-17(28)23(26)25(3,4)31/h17-18,23,28,31H,8-13H2,1-7H3. The molecule has 1 aromatic rings. The summed E-state index contributed by atoms with van der Waals surface area (Å²) in [7, 11) is 1.54.